The smallest absolute Gasteiger partial charge is 0.253 e. The molecule has 7 heteroatoms. The second kappa shape index (κ2) is 10.0. The van der Waals surface area contributed by atoms with Crippen LogP contribution in [0.25, 0.3) is 0 Å². The van der Waals surface area contributed by atoms with Crippen LogP contribution in [0, 0.1) is 0 Å². The van der Waals surface area contributed by atoms with Crippen molar-refractivity contribution in [2.24, 2.45) is 0 Å². The number of ether oxygens (including phenoxy) is 2. The fourth-order valence-electron chi connectivity index (χ4n) is 2.51. The summed E-state index contributed by atoms with van der Waals surface area (Å²) < 4.78 is 10.5. The Labute approximate surface area is 170 Å². The Hall–Kier alpha value is -2.67. The first-order chi connectivity index (χ1) is 13.3. The molecule has 2 rings (SSSR count). The van der Waals surface area contributed by atoms with Crippen LogP contribution in [0.4, 0.5) is 5.69 Å². The number of hydrogen-bond donors (Lipinski definition) is 2. The zero-order valence-electron chi connectivity index (χ0n) is 16.7. The van der Waals surface area contributed by atoms with Crippen LogP contribution in [-0.4, -0.2) is 37.3 Å². The predicted octanol–water partition coefficient (Wildman–Crippen LogP) is 3.96. The van der Waals surface area contributed by atoms with Crippen molar-refractivity contribution in [2.45, 2.75) is 37.0 Å². The van der Waals surface area contributed by atoms with Crippen molar-refractivity contribution in [3.8, 4) is 11.5 Å². The molecule has 1 atom stereocenters. The molecule has 6 nitrogen and oxygen atoms in total. The molecular formula is C21H26N2O4S. The van der Waals surface area contributed by atoms with Crippen LogP contribution in [0.2, 0.25) is 0 Å². The second-order valence-electron chi connectivity index (χ2n) is 6.44. The summed E-state index contributed by atoms with van der Waals surface area (Å²) in [4.78, 5) is 25.9. The Bertz CT molecular complexity index is 839. The summed E-state index contributed by atoms with van der Waals surface area (Å²) in [5, 5.41) is 5.33. The lowest BCUT2D eigenvalue weighted by Gasteiger charge is -2.16. The molecule has 0 aliphatic carbocycles. The molecule has 0 radical (unpaired) electrons. The molecule has 0 bridgehead atoms. The van der Waals surface area contributed by atoms with Crippen LogP contribution >= 0.6 is 11.8 Å². The number of rotatable bonds is 8. The maximum atomic E-state index is 12.7. The molecule has 0 aromatic heterocycles. The lowest BCUT2D eigenvalue weighted by atomic mass is 10.1. The van der Waals surface area contributed by atoms with Gasteiger partial charge in [-0.25, -0.2) is 0 Å². The summed E-state index contributed by atoms with van der Waals surface area (Å²) in [7, 11) is 3.15. The first-order valence-electron chi connectivity index (χ1n) is 8.95. The van der Waals surface area contributed by atoms with E-state index in [1.54, 1.807) is 44.6 Å². The van der Waals surface area contributed by atoms with Crippen molar-refractivity contribution >= 4 is 29.3 Å². The topological polar surface area (TPSA) is 76.7 Å². The molecule has 0 aliphatic heterocycles. The highest BCUT2D eigenvalue weighted by Crippen LogP contribution is 2.33. The van der Waals surface area contributed by atoms with E-state index in [-0.39, 0.29) is 23.1 Å². The number of anilines is 1. The van der Waals surface area contributed by atoms with E-state index in [9.17, 15) is 9.59 Å². The van der Waals surface area contributed by atoms with E-state index in [1.807, 2.05) is 32.9 Å². The average Bonchev–Trinajstić information content (AvgIpc) is 2.67. The lowest BCUT2D eigenvalue weighted by molar-refractivity contribution is -0.115. The molecular weight excluding hydrogens is 376 g/mol. The Morgan fingerprint density at radius 1 is 0.964 bits per heavy atom. The number of para-hydroxylation sites is 1. The molecule has 2 amide bonds. The van der Waals surface area contributed by atoms with E-state index >= 15 is 0 Å². The van der Waals surface area contributed by atoms with E-state index in [2.05, 4.69) is 10.6 Å². The highest BCUT2D eigenvalue weighted by Gasteiger charge is 2.19. The zero-order valence-corrected chi connectivity index (χ0v) is 17.6. The normalized spacial score (nSPS) is 11.6. The summed E-state index contributed by atoms with van der Waals surface area (Å²) in [5.41, 5.74) is 0.929. The van der Waals surface area contributed by atoms with Crippen molar-refractivity contribution in [1.29, 1.82) is 0 Å². The molecule has 2 aromatic carbocycles. The van der Waals surface area contributed by atoms with Gasteiger partial charge in [-0.2, -0.15) is 0 Å². The highest BCUT2D eigenvalue weighted by atomic mass is 32.2. The number of amides is 2. The number of hydrogen-bond acceptors (Lipinski definition) is 5. The zero-order chi connectivity index (χ0) is 20.7. The number of methoxy groups -OCH3 is 2. The van der Waals surface area contributed by atoms with Gasteiger partial charge < -0.3 is 20.1 Å². The summed E-state index contributed by atoms with van der Waals surface area (Å²) in [6.45, 7) is 5.59. The molecule has 28 heavy (non-hydrogen) atoms. The Morgan fingerprint density at radius 2 is 1.64 bits per heavy atom. The molecule has 2 N–H and O–H groups in total. The Balaban J connectivity index is 2.10. The van der Waals surface area contributed by atoms with Crippen molar-refractivity contribution in [2.75, 3.05) is 19.5 Å². The summed E-state index contributed by atoms with van der Waals surface area (Å²) >= 11 is 1.40. The number of carbonyl (C=O) groups excluding carboxylic acids is 2. The number of nitrogens with one attached hydrogen (secondary N) is 2. The second-order valence-corrected chi connectivity index (χ2v) is 7.85. The maximum Gasteiger partial charge on any atom is 0.253 e. The van der Waals surface area contributed by atoms with E-state index in [1.165, 1.54) is 11.8 Å². The van der Waals surface area contributed by atoms with Crippen LogP contribution in [0.5, 0.6) is 11.5 Å². The fraction of sp³-hybridized carbons (Fsp3) is 0.333. The number of carbonyl (C=O) groups is 2. The van der Waals surface area contributed by atoms with Crippen LogP contribution in [0.15, 0.2) is 47.4 Å². The van der Waals surface area contributed by atoms with Crippen molar-refractivity contribution in [3.63, 3.8) is 0 Å². The van der Waals surface area contributed by atoms with Gasteiger partial charge in [-0.3, -0.25) is 9.59 Å². The van der Waals surface area contributed by atoms with Crippen LogP contribution in [0.3, 0.4) is 0 Å². The van der Waals surface area contributed by atoms with Crippen molar-refractivity contribution in [1.82, 2.24) is 5.32 Å². The molecule has 2 aromatic rings. The number of benzene rings is 2. The maximum absolute atomic E-state index is 12.7. The average molecular weight is 403 g/mol. The van der Waals surface area contributed by atoms with Gasteiger partial charge in [0, 0.05) is 10.9 Å². The molecule has 0 heterocycles. The third-order valence-electron chi connectivity index (χ3n) is 3.89. The highest BCUT2D eigenvalue weighted by molar-refractivity contribution is 8.00. The van der Waals surface area contributed by atoms with Gasteiger partial charge in [-0.1, -0.05) is 12.1 Å². The van der Waals surface area contributed by atoms with Gasteiger partial charge in [0.15, 0.2) is 11.5 Å². The first kappa shape index (κ1) is 21.6. The van der Waals surface area contributed by atoms with Crippen molar-refractivity contribution < 1.29 is 19.1 Å². The molecule has 0 saturated heterocycles. The Morgan fingerprint density at radius 3 is 2.29 bits per heavy atom. The minimum atomic E-state index is -0.376. The van der Waals surface area contributed by atoms with Crippen LogP contribution in [0.1, 0.15) is 31.1 Å². The van der Waals surface area contributed by atoms with Gasteiger partial charge in [-0.05, 0) is 51.1 Å². The standard InChI is InChI=1S/C21H26N2O4S/c1-13(2)22-21(25)16-8-6-7-9-17(16)23-20(24)14(3)28-15-10-11-18(26-4)19(12-15)27-5/h6-14H,1-5H3,(H,22,25)(H,23,24)/t14-/m0/s1. The lowest BCUT2D eigenvalue weighted by Crippen LogP contribution is -2.31. The summed E-state index contributed by atoms with van der Waals surface area (Å²) in [6, 6.07) is 12.5. The molecule has 0 spiro atoms. The van der Waals surface area contributed by atoms with Crippen molar-refractivity contribution in [3.05, 3.63) is 48.0 Å². The largest absolute Gasteiger partial charge is 0.493 e. The molecule has 150 valence electrons. The summed E-state index contributed by atoms with van der Waals surface area (Å²) in [5.74, 6) is 0.834. The molecule has 0 fully saturated rings. The van der Waals surface area contributed by atoms with Crippen LogP contribution < -0.4 is 20.1 Å². The van der Waals surface area contributed by atoms with E-state index < -0.39 is 0 Å². The monoisotopic (exact) mass is 402 g/mol. The third-order valence-corrected chi connectivity index (χ3v) is 4.98. The molecule has 0 saturated carbocycles. The minimum absolute atomic E-state index is 0.00999. The van der Waals surface area contributed by atoms with Gasteiger partial charge in [0.25, 0.3) is 5.91 Å². The molecule has 0 aliphatic rings. The van der Waals surface area contributed by atoms with E-state index in [0.717, 1.165) is 4.90 Å². The van der Waals surface area contributed by atoms with Crippen LogP contribution in [-0.2, 0) is 4.79 Å². The SMILES string of the molecule is COc1ccc(S[C@@H](C)C(=O)Nc2ccccc2C(=O)NC(C)C)cc1OC. The predicted molar refractivity (Wildman–Crippen MR) is 113 cm³/mol. The van der Waals surface area contributed by atoms with Gasteiger partial charge in [-0.15, -0.1) is 11.8 Å². The van der Waals surface area contributed by atoms with Gasteiger partial charge in [0.1, 0.15) is 0 Å². The summed E-state index contributed by atoms with van der Waals surface area (Å²) in [6.07, 6.45) is 0. The first-order valence-corrected chi connectivity index (χ1v) is 9.83. The Kier molecular flexibility index (Phi) is 7.75. The minimum Gasteiger partial charge on any atom is -0.493 e. The van der Waals surface area contributed by atoms with Gasteiger partial charge >= 0.3 is 0 Å². The fourth-order valence-corrected chi connectivity index (χ4v) is 3.41. The van der Waals surface area contributed by atoms with E-state index in [0.29, 0.717) is 22.7 Å². The third kappa shape index (κ3) is 5.66. The van der Waals surface area contributed by atoms with E-state index in [4.69, 9.17) is 9.47 Å². The quantitative estimate of drug-likeness (QED) is 0.654. The number of thioether (sulfide) groups is 1. The van der Waals surface area contributed by atoms with Gasteiger partial charge in [0.2, 0.25) is 5.91 Å². The molecule has 0 unspecified atom stereocenters. The van der Waals surface area contributed by atoms with Gasteiger partial charge in [0.05, 0.1) is 30.7 Å².